The molecule has 14 nitrogen and oxygen atoms in total. The smallest absolute Gasteiger partial charge is 0.414 e. The second kappa shape index (κ2) is 19.9. The molecule has 3 aliphatic heterocycles. The van der Waals surface area contributed by atoms with E-state index in [4.69, 9.17) is 28.4 Å². The number of cyclic esters (lactones) is 1. The van der Waals surface area contributed by atoms with Crippen molar-refractivity contribution < 1.29 is 57.2 Å². The van der Waals surface area contributed by atoms with Crippen LogP contribution >= 0.6 is 0 Å². The predicted molar refractivity (Wildman–Crippen MR) is 179 cm³/mol. The van der Waals surface area contributed by atoms with Gasteiger partial charge in [0.1, 0.15) is 18.3 Å². The van der Waals surface area contributed by atoms with Crippen LogP contribution in [0, 0.1) is 0 Å². The quantitative estimate of drug-likeness (QED) is 0.0877. The standard InChI is InChI=1S/C36H50N2O12/c1-6-7-8-9-10-16-29(42)46-21-14-12-15-26-31(47-26)33-34(50-35(44)37-25(4)40)32-27(48-32)19-18-23(2)22-28(41)38-36(45-5,24(3)39)20-13-11-17-30(43)49-33/h11-13,15,17,20,22,26-27,31-34H,6-10,14,16,18-19,21H2,1-5H3,(H,38,41)(H,37,40,44)/b15-12+,17-11-,20-13+,23-22-/t26-,27-,31-,32-,33+,34-,36?/m1/s1. The van der Waals surface area contributed by atoms with Gasteiger partial charge in [0.25, 0.3) is 0 Å². The van der Waals surface area contributed by atoms with Crippen molar-refractivity contribution >= 4 is 35.6 Å². The summed E-state index contributed by atoms with van der Waals surface area (Å²) in [5.74, 6) is -2.77. The zero-order chi connectivity index (χ0) is 36.7. The van der Waals surface area contributed by atoms with Crippen molar-refractivity contribution in [3.63, 3.8) is 0 Å². The normalized spacial score (nSPS) is 30.7. The summed E-state index contributed by atoms with van der Waals surface area (Å²) in [5.41, 5.74) is -1.10. The highest BCUT2D eigenvalue weighted by Gasteiger charge is 2.58. The number of ketones is 1. The summed E-state index contributed by atoms with van der Waals surface area (Å²) in [6, 6.07) is 0. The number of fused-ring (bicyclic) bond motifs is 1. The van der Waals surface area contributed by atoms with Crippen molar-refractivity contribution in [1.29, 1.82) is 0 Å². The molecule has 276 valence electrons. The lowest BCUT2D eigenvalue weighted by atomic mass is 10.00. The van der Waals surface area contributed by atoms with Gasteiger partial charge < -0.3 is 33.7 Å². The topological polar surface area (TPSA) is 188 Å². The Morgan fingerprint density at radius 3 is 2.50 bits per heavy atom. The Hall–Kier alpha value is -4.14. The van der Waals surface area contributed by atoms with E-state index in [0.29, 0.717) is 31.3 Å². The van der Waals surface area contributed by atoms with Gasteiger partial charge in [-0.2, -0.15) is 0 Å². The van der Waals surface area contributed by atoms with Crippen LogP contribution < -0.4 is 10.6 Å². The zero-order valence-electron chi connectivity index (χ0n) is 29.5. The van der Waals surface area contributed by atoms with Crippen LogP contribution in [0.3, 0.4) is 0 Å². The highest BCUT2D eigenvalue weighted by atomic mass is 16.7. The van der Waals surface area contributed by atoms with Crippen LogP contribution in [0.1, 0.15) is 85.5 Å². The molecule has 3 amide bonds. The first-order valence-electron chi connectivity index (χ1n) is 17.1. The van der Waals surface area contributed by atoms with E-state index < -0.39 is 72.0 Å². The SMILES string of the molecule is CCCCCCCC(=O)OCC/C=C/[C@H]1O[C@H]1[C@@H]1OC(=O)/C=C\C=C\C(OC)(C(C)=O)NC(=O)/C=C(/C)CC[C@H]2O[C@H]2[C@H]1OC(=O)NC(C)=O. The monoisotopic (exact) mass is 702 g/mol. The lowest BCUT2D eigenvalue weighted by molar-refractivity contribution is -0.151. The number of Topliss-reactive ketones (excluding diaryl/α,β-unsaturated/α-hetero) is 1. The third kappa shape index (κ3) is 13.3. The molecule has 3 rings (SSSR count). The van der Waals surface area contributed by atoms with Gasteiger partial charge in [-0.3, -0.25) is 24.5 Å². The average Bonchev–Trinajstić information content (AvgIpc) is 3.98. The first-order valence-corrected chi connectivity index (χ1v) is 17.1. The molecule has 3 heterocycles. The van der Waals surface area contributed by atoms with Gasteiger partial charge in [0.05, 0.1) is 12.7 Å². The van der Waals surface area contributed by atoms with Gasteiger partial charge in [0.2, 0.25) is 17.5 Å². The number of alkyl carbamates (subject to hydrolysis) is 1. The summed E-state index contributed by atoms with van der Waals surface area (Å²) in [6.45, 7) is 6.49. The van der Waals surface area contributed by atoms with Crippen LogP contribution in [-0.4, -0.2) is 91.7 Å². The molecule has 2 N–H and O–H groups in total. The summed E-state index contributed by atoms with van der Waals surface area (Å²) in [7, 11) is 1.27. The summed E-state index contributed by atoms with van der Waals surface area (Å²) < 4.78 is 33.8. The second-order valence-electron chi connectivity index (χ2n) is 12.5. The second-order valence-corrected chi connectivity index (χ2v) is 12.5. The van der Waals surface area contributed by atoms with E-state index in [1.54, 1.807) is 19.1 Å². The lowest BCUT2D eigenvalue weighted by Gasteiger charge is -2.27. The molecule has 50 heavy (non-hydrogen) atoms. The fourth-order valence-electron chi connectivity index (χ4n) is 5.48. The Bertz CT molecular complexity index is 1350. The molecule has 0 aromatic rings. The molecule has 0 aromatic carbocycles. The summed E-state index contributed by atoms with van der Waals surface area (Å²) in [4.78, 5) is 74.5. The van der Waals surface area contributed by atoms with Gasteiger partial charge in [0.15, 0.2) is 18.0 Å². The molecule has 3 aliphatic rings. The zero-order valence-corrected chi connectivity index (χ0v) is 29.5. The Labute approximate surface area is 292 Å². The fourth-order valence-corrected chi connectivity index (χ4v) is 5.48. The van der Waals surface area contributed by atoms with E-state index in [1.165, 1.54) is 38.3 Å². The molecule has 14 heteroatoms. The van der Waals surface area contributed by atoms with Gasteiger partial charge in [0, 0.05) is 32.6 Å². The molecule has 0 radical (unpaired) electrons. The number of hydrogen-bond donors (Lipinski definition) is 2. The minimum absolute atomic E-state index is 0.204. The molecular weight excluding hydrogens is 652 g/mol. The number of rotatable bonds is 14. The van der Waals surface area contributed by atoms with Crippen molar-refractivity contribution in [3.8, 4) is 0 Å². The molecule has 2 saturated heterocycles. The number of allylic oxidation sites excluding steroid dienone is 3. The van der Waals surface area contributed by atoms with Crippen LogP contribution in [0.15, 0.2) is 48.1 Å². The average molecular weight is 703 g/mol. The van der Waals surface area contributed by atoms with Crippen molar-refractivity contribution in [1.82, 2.24) is 10.6 Å². The first-order chi connectivity index (χ1) is 23.9. The third-order valence-electron chi connectivity index (χ3n) is 8.31. The summed E-state index contributed by atoms with van der Waals surface area (Å²) in [5, 5.41) is 4.63. The number of amides is 3. The fraction of sp³-hybridized carbons (Fsp3) is 0.611. The maximum absolute atomic E-state index is 13.1. The number of carbonyl (C=O) groups excluding carboxylic acids is 6. The number of esters is 2. The number of ether oxygens (including phenoxy) is 6. The highest BCUT2D eigenvalue weighted by molar-refractivity contribution is 5.96. The van der Waals surface area contributed by atoms with E-state index in [-0.39, 0.29) is 12.6 Å². The molecule has 0 saturated carbocycles. The van der Waals surface area contributed by atoms with E-state index in [1.807, 2.05) is 0 Å². The Morgan fingerprint density at radius 1 is 1.04 bits per heavy atom. The number of nitrogens with one attached hydrogen (secondary N) is 2. The van der Waals surface area contributed by atoms with Crippen molar-refractivity contribution in [2.24, 2.45) is 0 Å². The van der Waals surface area contributed by atoms with Gasteiger partial charge in [-0.25, -0.2) is 9.59 Å². The van der Waals surface area contributed by atoms with Gasteiger partial charge in [-0.1, -0.05) is 62.5 Å². The Kier molecular flexibility index (Phi) is 16.0. The molecule has 7 atom stereocenters. The summed E-state index contributed by atoms with van der Waals surface area (Å²) in [6.07, 6.45) is 11.0. The van der Waals surface area contributed by atoms with E-state index in [2.05, 4.69) is 17.6 Å². The largest absolute Gasteiger partial charge is 0.465 e. The number of carbonyl (C=O) groups is 6. The first kappa shape index (κ1) is 40.3. The van der Waals surface area contributed by atoms with Crippen LogP contribution in [0.25, 0.3) is 0 Å². The molecular formula is C36H50N2O12. The van der Waals surface area contributed by atoms with Crippen LogP contribution in [-0.2, 0) is 52.4 Å². The molecule has 0 aliphatic carbocycles. The molecule has 1 unspecified atom stereocenters. The van der Waals surface area contributed by atoms with Crippen LogP contribution in [0.2, 0.25) is 0 Å². The van der Waals surface area contributed by atoms with Gasteiger partial charge in [-0.15, -0.1) is 0 Å². The maximum atomic E-state index is 13.1. The Balaban J connectivity index is 1.76. The molecule has 0 spiro atoms. The summed E-state index contributed by atoms with van der Waals surface area (Å²) >= 11 is 0. The van der Waals surface area contributed by atoms with E-state index >= 15 is 0 Å². The minimum atomic E-state index is -1.78. The van der Waals surface area contributed by atoms with Crippen molar-refractivity contribution in [2.75, 3.05) is 13.7 Å². The number of unbranched alkanes of at least 4 members (excludes halogenated alkanes) is 4. The van der Waals surface area contributed by atoms with Gasteiger partial charge >= 0.3 is 18.0 Å². The third-order valence-corrected chi connectivity index (χ3v) is 8.31. The van der Waals surface area contributed by atoms with E-state index in [0.717, 1.165) is 45.1 Å². The molecule has 0 aromatic heterocycles. The highest BCUT2D eigenvalue weighted by Crippen LogP contribution is 2.39. The number of hydrogen-bond acceptors (Lipinski definition) is 12. The maximum Gasteiger partial charge on any atom is 0.414 e. The predicted octanol–water partition coefficient (Wildman–Crippen LogP) is 3.82. The van der Waals surface area contributed by atoms with Gasteiger partial charge in [-0.05, 0) is 45.6 Å². The number of epoxide rings is 2. The van der Waals surface area contributed by atoms with Crippen LogP contribution in [0.5, 0.6) is 0 Å². The Morgan fingerprint density at radius 2 is 1.80 bits per heavy atom. The molecule has 2 fully saturated rings. The van der Waals surface area contributed by atoms with Crippen molar-refractivity contribution in [2.45, 2.75) is 128 Å². The van der Waals surface area contributed by atoms with E-state index in [9.17, 15) is 28.8 Å². The minimum Gasteiger partial charge on any atom is -0.465 e. The number of methoxy groups -OCH3 is 1. The van der Waals surface area contributed by atoms with Crippen molar-refractivity contribution in [3.05, 3.63) is 48.1 Å². The molecule has 0 bridgehead atoms. The van der Waals surface area contributed by atoms with Crippen LogP contribution in [0.4, 0.5) is 4.79 Å². The number of imide groups is 1. The lowest BCUT2D eigenvalue weighted by Crippen LogP contribution is -2.53.